The third-order valence-corrected chi connectivity index (χ3v) is 3.15. The molecule has 94 valence electrons. The Morgan fingerprint density at radius 1 is 1.29 bits per heavy atom. The number of rotatable bonds is 1. The maximum atomic E-state index is 12.6. The summed E-state index contributed by atoms with van der Waals surface area (Å²) < 4.78 is 37.8. The van der Waals surface area contributed by atoms with Gasteiger partial charge in [-0.3, -0.25) is 0 Å². The summed E-state index contributed by atoms with van der Waals surface area (Å²) in [4.78, 5) is 0. The molecule has 2 nitrogen and oxygen atoms in total. The smallest absolute Gasteiger partial charge is 0.398 e. The molecule has 3 N–H and O–H groups in total. The lowest BCUT2D eigenvalue weighted by Crippen LogP contribution is -2.29. The number of hydrogen-bond acceptors (Lipinski definition) is 2. The van der Waals surface area contributed by atoms with Crippen LogP contribution in [0.1, 0.15) is 29.9 Å². The average Bonchev–Trinajstić information content (AvgIpc) is 2.29. The highest BCUT2D eigenvalue weighted by Crippen LogP contribution is 2.35. The highest BCUT2D eigenvalue weighted by atomic mass is 19.4. The summed E-state index contributed by atoms with van der Waals surface area (Å²) in [6.45, 7) is 1.63. The second-order valence-electron chi connectivity index (χ2n) is 4.38. The third-order valence-electron chi connectivity index (χ3n) is 3.15. The summed E-state index contributed by atoms with van der Waals surface area (Å²) in [5.74, 6) is 0.0889. The van der Waals surface area contributed by atoms with Gasteiger partial charge in [0.25, 0.3) is 0 Å². The Labute approximate surface area is 98.0 Å². The Kier molecular flexibility index (Phi) is 3.28. The van der Waals surface area contributed by atoms with E-state index in [1.54, 1.807) is 0 Å². The molecule has 0 amide bonds. The summed E-state index contributed by atoms with van der Waals surface area (Å²) >= 11 is 0. The van der Waals surface area contributed by atoms with Crippen molar-refractivity contribution in [1.29, 1.82) is 0 Å². The third kappa shape index (κ3) is 2.72. The van der Waals surface area contributed by atoms with Crippen LogP contribution < -0.4 is 11.1 Å². The number of benzene rings is 1. The number of nitrogens with two attached hydrogens (primary N) is 1. The fourth-order valence-electron chi connectivity index (χ4n) is 2.22. The fourth-order valence-corrected chi connectivity index (χ4v) is 2.22. The highest BCUT2D eigenvalue weighted by molar-refractivity contribution is 5.51. The van der Waals surface area contributed by atoms with Gasteiger partial charge >= 0.3 is 6.18 Å². The first-order chi connectivity index (χ1) is 7.98. The lowest BCUT2D eigenvalue weighted by molar-refractivity contribution is -0.137. The Balaban J connectivity index is 2.31. The molecule has 0 radical (unpaired) electrons. The zero-order chi connectivity index (χ0) is 12.5. The number of hydrogen-bond donors (Lipinski definition) is 2. The number of halogens is 3. The topological polar surface area (TPSA) is 38.0 Å². The molecule has 1 aromatic rings. The molecule has 1 fully saturated rings. The minimum atomic E-state index is -4.30. The SMILES string of the molecule is Nc1ccc(C(F)(F)F)cc1C1CCCNC1. The largest absolute Gasteiger partial charge is 0.416 e. The molecule has 1 aliphatic heterocycles. The fraction of sp³-hybridized carbons (Fsp3) is 0.500. The molecule has 2 rings (SSSR count). The van der Waals surface area contributed by atoms with Crippen LogP contribution in [0, 0.1) is 0 Å². The van der Waals surface area contributed by atoms with E-state index in [1.165, 1.54) is 12.1 Å². The van der Waals surface area contributed by atoms with Crippen molar-refractivity contribution in [3.8, 4) is 0 Å². The van der Waals surface area contributed by atoms with Crippen molar-refractivity contribution in [2.24, 2.45) is 0 Å². The normalized spacial score (nSPS) is 21.5. The number of piperidine rings is 1. The van der Waals surface area contributed by atoms with E-state index in [1.807, 2.05) is 0 Å². The van der Waals surface area contributed by atoms with E-state index < -0.39 is 11.7 Å². The second kappa shape index (κ2) is 4.56. The van der Waals surface area contributed by atoms with Crippen molar-refractivity contribution in [2.75, 3.05) is 18.8 Å². The lowest BCUT2D eigenvalue weighted by Gasteiger charge is -2.25. The minimum absolute atomic E-state index is 0.0889. The highest BCUT2D eigenvalue weighted by Gasteiger charge is 2.31. The van der Waals surface area contributed by atoms with Crippen molar-refractivity contribution in [3.63, 3.8) is 0 Å². The number of nitrogens with one attached hydrogen (secondary N) is 1. The van der Waals surface area contributed by atoms with Crippen LogP contribution in [0.15, 0.2) is 18.2 Å². The van der Waals surface area contributed by atoms with Crippen molar-refractivity contribution >= 4 is 5.69 Å². The van der Waals surface area contributed by atoms with Crippen LogP contribution in [0.25, 0.3) is 0 Å². The van der Waals surface area contributed by atoms with Crippen LogP contribution in [0.2, 0.25) is 0 Å². The summed E-state index contributed by atoms with van der Waals surface area (Å²) in [6.07, 6.45) is -2.44. The van der Waals surface area contributed by atoms with Crippen LogP contribution in [-0.4, -0.2) is 13.1 Å². The van der Waals surface area contributed by atoms with Gasteiger partial charge in [0.05, 0.1) is 5.56 Å². The summed E-state index contributed by atoms with van der Waals surface area (Å²) in [6, 6.07) is 3.58. The molecule has 0 bridgehead atoms. The first-order valence-electron chi connectivity index (χ1n) is 5.66. The van der Waals surface area contributed by atoms with E-state index >= 15 is 0 Å². The van der Waals surface area contributed by atoms with Gasteiger partial charge in [-0.1, -0.05) is 0 Å². The van der Waals surface area contributed by atoms with Crippen LogP contribution >= 0.6 is 0 Å². The standard InChI is InChI=1S/C12H15F3N2/c13-12(14,15)9-3-4-11(16)10(6-9)8-2-1-5-17-7-8/h3-4,6,8,17H,1-2,5,7,16H2. The van der Waals surface area contributed by atoms with Crippen molar-refractivity contribution in [3.05, 3.63) is 29.3 Å². The van der Waals surface area contributed by atoms with E-state index in [0.29, 0.717) is 17.8 Å². The van der Waals surface area contributed by atoms with Crippen molar-refractivity contribution < 1.29 is 13.2 Å². The molecule has 1 atom stereocenters. The van der Waals surface area contributed by atoms with E-state index in [0.717, 1.165) is 25.5 Å². The molecule has 1 unspecified atom stereocenters. The molecule has 0 saturated carbocycles. The molecular weight excluding hydrogens is 229 g/mol. The van der Waals surface area contributed by atoms with Crippen molar-refractivity contribution in [2.45, 2.75) is 24.9 Å². The molecule has 0 spiro atoms. The minimum Gasteiger partial charge on any atom is -0.398 e. The monoisotopic (exact) mass is 244 g/mol. The molecule has 1 aromatic carbocycles. The van der Waals surface area contributed by atoms with E-state index in [-0.39, 0.29) is 5.92 Å². The van der Waals surface area contributed by atoms with Gasteiger partial charge in [-0.25, -0.2) is 0 Å². The molecule has 0 aliphatic carbocycles. The van der Waals surface area contributed by atoms with Gasteiger partial charge in [0.2, 0.25) is 0 Å². The predicted molar refractivity (Wildman–Crippen MR) is 60.7 cm³/mol. The van der Waals surface area contributed by atoms with Crippen LogP contribution in [0.5, 0.6) is 0 Å². The quantitative estimate of drug-likeness (QED) is 0.745. The number of alkyl halides is 3. The lowest BCUT2D eigenvalue weighted by atomic mass is 9.89. The molecule has 1 saturated heterocycles. The second-order valence-corrected chi connectivity index (χ2v) is 4.38. The maximum Gasteiger partial charge on any atom is 0.416 e. The van der Waals surface area contributed by atoms with Gasteiger partial charge in [-0.05, 0) is 49.1 Å². The average molecular weight is 244 g/mol. The zero-order valence-electron chi connectivity index (χ0n) is 9.35. The summed E-state index contributed by atoms with van der Waals surface area (Å²) in [5.41, 5.74) is 6.22. The first-order valence-corrected chi connectivity index (χ1v) is 5.66. The van der Waals surface area contributed by atoms with Gasteiger partial charge in [0, 0.05) is 12.2 Å². The van der Waals surface area contributed by atoms with E-state index in [9.17, 15) is 13.2 Å². The van der Waals surface area contributed by atoms with Gasteiger partial charge in [-0.15, -0.1) is 0 Å². The number of nitrogen functional groups attached to an aromatic ring is 1. The van der Waals surface area contributed by atoms with Crippen molar-refractivity contribution in [1.82, 2.24) is 5.32 Å². The van der Waals surface area contributed by atoms with Gasteiger partial charge in [-0.2, -0.15) is 13.2 Å². The number of anilines is 1. The van der Waals surface area contributed by atoms with E-state index in [2.05, 4.69) is 5.32 Å². The Hall–Kier alpha value is -1.23. The predicted octanol–water partition coefficient (Wildman–Crippen LogP) is 2.75. The summed E-state index contributed by atoms with van der Waals surface area (Å²) in [7, 11) is 0. The molecule has 1 heterocycles. The summed E-state index contributed by atoms with van der Waals surface area (Å²) in [5, 5.41) is 3.18. The Morgan fingerprint density at radius 2 is 2.06 bits per heavy atom. The molecule has 5 heteroatoms. The van der Waals surface area contributed by atoms with Crippen LogP contribution in [0.3, 0.4) is 0 Å². The Bertz CT molecular complexity index is 395. The van der Waals surface area contributed by atoms with E-state index in [4.69, 9.17) is 5.73 Å². The van der Waals surface area contributed by atoms with Crippen LogP contribution in [0.4, 0.5) is 18.9 Å². The van der Waals surface area contributed by atoms with Gasteiger partial charge in [0.15, 0.2) is 0 Å². The zero-order valence-corrected chi connectivity index (χ0v) is 9.35. The van der Waals surface area contributed by atoms with Crippen LogP contribution in [-0.2, 0) is 6.18 Å². The first kappa shape index (κ1) is 12.2. The van der Waals surface area contributed by atoms with Gasteiger partial charge < -0.3 is 11.1 Å². The molecular formula is C12H15F3N2. The maximum absolute atomic E-state index is 12.6. The molecule has 1 aliphatic rings. The molecule has 0 aromatic heterocycles. The Morgan fingerprint density at radius 3 is 2.65 bits per heavy atom. The van der Waals surface area contributed by atoms with Gasteiger partial charge in [0.1, 0.15) is 0 Å². The molecule has 17 heavy (non-hydrogen) atoms.